The van der Waals surface area contributed by atoms with Gasteiger partial charge in [0.15, 0.2) is 5.82 Å². The highest BCUT2D eigenvalue weighted by atomic mass is 19.4. The van der Waals surface area contributed by atoms with Crippen LogP contribution in [-0.4, -0.2) is 21.1 Å². The summed E-state index contributed by atoms with van der Waals surface area (Å²) in [5.41, 5.74) is 1.10. The predicted octanol–water partition coefficient (Wildman–Crippen LogP) is 5.40. The van der Waals surface area contributed by atoms with Gasteiger partial charge in [0.25, 0.3) is 0 Å². The zero-order valence-corrected chi connectivity index (χ0v) is 16.1. The van der Waals surface area contributed by atoms with Crippen LogP contribution in [0.5, 0.6) is 0 Å². The van der Waals surface area contributed by atoms with Crippen LogP contribution in [0.1, 0.15) is 54.2 Å². The van der Waals surface area contributed by atoms with Crippen molar-refractivity contribution in [3.05, 3.63) is 83.0 Å². The van der Waals surface area contributed by atoms with Crippen LogP contribution in [0.4, 0.5) is 13.2 Å². The Bertz CT molecular complexity index is 951. The molecule has 0 amide bonds. The number of benzene rings is 2. The van der Waals surface area contributed by atoms with Gasteiger partial charge in [0.2, 0.25) is 5.89 Å². The highest BCUT2D eigenvalue weighted by molar-refractivity contribution is 5.28. The Balaban J connectivity index is 1.49. The summed E-state index contributed by atoms with van der Waals surface area (Å²) in [7, 11) is 0. The Morgan fingerprint density at radius 1 is 1.10 bits per heavy atom. The fraction of sp³-hybridized carbons (Fsp3) is 0.364. The molecule has 7 heteroatoms. The molecule has 1 aromatic heterocycles. The summed E-state index contributed by atoms with van der Waals surface area (Å²) in [6.45, 7) is 2.35. The SMILES string of the molecule is CC(c1cccc(C(F)(F)F)c1)N(Cc1nc(Cc2ccccc2)no1)C1CC1. The molecule has 3 aromatic rings. The average Bonchev–Trinajstić information content (AvgIpc) is 3.46. The molecule has 0 N–H and O–H groups in total. The Morgan fingerprint density at radius 2 is 1.86 bits per heavy atom. The lowest BCUT2D eigenvalue weighted by Gasteiger charge is -2.28. The summed E-state index contributed by atoms with van der Waals surface area (Å²) in [6.07, 6.45) is -1.72. The second-order valence-corrected chi connectivity index (χ2v) is 7.47. The maximum absolute atomic E-state index is 13.1. The zero-order valence-electron chi connectivity index (χ0n) is 16.1. The van der Waals surface area contributed by atoms with Gasteiger partial charge in [-0.05, 0) is 43.0 Å². The van der Waals surface area contributed by atoms with Crippen LogP contribution in [0.25, 0.3) is 0 Å². The Labute approximate surface area is 167 Å². The predicted molar refractivity (Wildman–Crippen MR) is 102 cm³/mol. The molecule has 1 saturated carbocycles. The molecule has 0 radical (unpaired) electrons. The molecule has 1 atom stereocenters. The number of nitrogens with zero attached hydrogens (tertiary/aromatic N) is 3. The van der Waals surface area contributed by atoms with Crippen LogP contribution in [-0.2, 0) is 19.1 Å². The van der Waals surface area contributed by atoms with E-state index in [0.717, 1.165) is 24.5 Å². The van der Waals surface area contributed by atoms with Crippen LogP contribution < -0.4 is 0 Å². The minimum atomic E-state index is -4.35. The van der Waals surface area contributed by atoms with E-state index in [1.54, 1.807) is 6.07 Å². The topological polar surface area (TPSA) is 42.2 Å². The summed E-state index contributed by atoms with van der Waals surface area (Å²) in [4.78, 5) is 6.64. The first kappa shape index (κ1) is 19.6. The van der Waals surface area contributed by atoms with Gasteiger partial charge in [-0.15, -0.1) is 0 Å². The quantitative estimate of drug-likeness (QED) is 0.531. The van der Waals surface area contributed by atoms with Gasteiger partial charge in [0.1, 0.15) is 0 Å². The molecule has 2 aromatic carbocycles. The molecule has 1 aliphatic carbocycles. The van der Waals surface area contributed by atoms with Gasteiger partial charge in [0.05, 0.1) is 12.1 Å². The van der Waals surface area contributed by atoms with E-state index in [9.17, 15) is 13.2 Å². The maximum atomic E-state index is 13.1. The summed E-state index contributed by atoms with van der Waals surface area (Å²) < 4.78 is 44.7. The van der Waals surface area contributed by atoms with E-state index >= 15 is 0 Å². The van der Waals surface area contributed by atoms with Crippen LogP contribution in [0.3, 0.4) is 0 Å². The van der Waals surface area contributed by atoms with Crippen LogP contribution in [0, 0.1) is 0 Å². The molecule has 1 aliphatic rings. The van der Waals surface area contributed by atoms with Crippen LogP contribution in [0.15, 0.2) is 59.1 Å². The molecule has 0 spiro atoms. The van der Waals surface area contributed by atoms with Crippen molar-refractivity contribution in [2.45, 2.75) is 51.0 Å². The van der Waals surface area contributed by atoms with Crippen molar-refractivity contribution in [2.75, 3.05) is 0 Å². The van der Waals surface area contributed by atoms with Crippen molar-refractivity contribution in [3.8, 4) is 0 Å². The molecule has 0 aliphatic heterocycles. The van der Waals surface area contributed by atoms with Crippen molar-refractivity contribution in [3.63, 3.8) is 0 Å². The van der Waals surface area contributed by atoms with Crippen molar-refractivity contribution < 1.29 is 17.7 Å². The van der Waals surface area contributed by atoms with Crippen LogP contribution >= 0.6 is 0 Å². The van der Waals surface area contributed by atoms with E-state index in [0.29, 0.717) is 36.3 Å². The van der Waals surface area contributed by atoms with Crippen molar-refractivity contribution in [2.24, 2.45) is 0 Å². The standard InChI is InChI=1S/C22H22F3N3O/c1-15(17-8-5-9-18(13-17)22(23,24)25)28(19-10-11-19)14-21-26-20(27-29-21)12-16-6-3-2-4-7-16/h2-9,13,15,19H,10-12,14H2,1H3. The minimum absolute atomic E-state index is 0.186. The third-order valence-corrected chi connectivity index (χ3v) is 5.24. The number of halogens is 3. The summed E-state index contributed by atoms with van der Waals surface area (Å²) in [5, 5.41) is 4.06. The van der Waals surface area contributed by atoms with Gasteiger partial charge in [0, 0.05) is 18.5 Å². The van der Waals surface area contributed by atoms with Gasteiger partial charge in [-0.25, -0.2) is 0 Å². The molecule has 29 heavy (non-hydrogen) atoms. The molecule has 4 rings (SSSR count). The summed E-state index contributed by atoms with van der Waals surface area (Å²) in [6, 6.07) is 15.6. The highest BCUT2D eigenvalue weighted by Gasteiger charge is 2.35. The second kappa shape index (κ2) is 7.99. The second-order valence-electron chi connectivity index (χ2n) is 7.47. The smallest absolute Gasteiger partial charge is 0.338 e. The van der Waals surface area contributed by atoms with Gasteiger partial charge in [-0.2, -0.15) is 18.2 Å². The fourth-order valence-electron chi connectivity index (χ4n) is 3.52. The Morgan fingerprint density at radius 3 is 2.55 bits per heavy atom. The van der Waals surface area contributed by atoms with Gasteiger partial charge >= 0.3 is 6.18 Å². The fourth-order valence-corrected chi connectivity index (χ4v) is 3.52. The highest BCUT2D eigenvalue weighted by Crippen LogP contribution is 2.37. The van der Waals surface area contributed by atoms with E-state index in [1.165, 1.54) is 12.1 Å². The van der Waals surface area contributed by atoms with Gasteiger partial charge in [-0.1, -0.05) is 47.6 Å². The zero-order chi connectivity index (χ0) is 20.4. The first-order valence-corrected chi connectivity index (χ1v) is 9.68. The lowest BCUT2D eigenvalue weighted by atomic mass is 10.0. The van der Waals surface area contributed by atoms with E-state index in [2.05, 4.69) is 15.0 Å². The molecular formula is C22H22F3N3O. The summed E-state index contributed by atoms with van der Waals surface area (Å²) in [5.74, 6) is 1.09. The van der Waals surface area contributed by atoms with Crippen molar-refractivity contribution >= 4 is 0 Å². The third kappa shape index (κ3) is 4.85. The molecule has 1 unspecified atom stereocenters. The lowest BCUT2D eigenvalue weighted by Crippen LogP contribution is -2.29. The lowest BCUT2D eigenvalue weighted by molar-refractivity contribution is -0.137. The van der Waals surface area contributed by atoms with Crippen molar-refractivity contribution in [1.29, 1.82) is 0 Å². The first-order chi connectivity index (χ1) is 13.9. The third-order valence-electron chi connectivity index (χ3n) is 5.24. The van der Waals surface area contributed by atoms with Crippen molar-refractivity contribution in [1.82, 2.24) is 15.0 Å². The largest absolute Gasteiger partial charge is 0.416 e. The molecule has 1 fully saturated rings. The molecule has 0 bridgehead atoms. The average molecular weight is 401 g/mol. The first-order valence-electron chi connectivity index (χ1n) is 9.68. The van der Waals surface area contributed by atoms with E-state index in [4.69, 9.17) is 4.52 Å². The van der Waals surface area contributed by atoms with Crippen LogP contribution in [0.2, 0.25) is 0 Å². The number of hydrogen-bond donors (Lipinski definition) is 0. The number of alkyl halides is 3. The van der Waals surface area contributed by atoms with E-state index in [1.807, 2.05) is 37.3 Å². The maximum Gasteiger partial charge on any atom is 0.416 e. The normalized spacial score (nSPS) is 15.6. The minimum Gasteiger partial charge on any atom is -0.338 e. The van der Waals surface area contributed by atoms with Gasteiger partial charge < -0.3 is 4.52 Å². The summed E-state index contributed by atoms with van der Waals surface area (Å²) >= 11 is 0. The van der Waals surface area contributed by atoms with E-state index in [-0.39, 0.29) is 6.04 Å². The number of aromatic nitrogens is 2. The molecule has 152 valence electrons. The monoisotopic (exact) mass is 401 g/mol. The van der Waals surface area contributed by atoms with E-state index < -0.39 is 11.7 Å². The molecule has 4 nitrogen and oxygen atoms in total. The molecule has 1 heterocycles. The number of hydrogen-bond acceptors (Lipinski definition) is 4. The molecular weight excluding hydrogens is 379 g/mol. The van der Waals surface area contributed by atoms with Gasteiger partial charge in [-0.3, -0.25) is 4.90 Å². The Hall–Kier alpha value is -2.67. The number of rotatable bonds is 7. The Kier molecular flexibility index (Phi) is 5.41. The molecule has 0 saturated heterocycles.